The van der Waals surface area contributed by atoms with Gasteiger partial charge in [0, 0.05) is 0 Å². The summed E-state index contributed by atoms with van der Waals surface area (Å²) in [5.41, 5.74) is 1.72. The molecule has 128 valence electrons. The molecule has 0 aliphatic rings. The molecule has 0 amide bonds. The number of unbranched alkanes of at least 4 members (excludes halogenated alkanes) is 2. The molecule has 0 bridgehead atoms. The zero-order valence-electron chi connectivity index (χ0n) is 13.9. The van der Waals surface area contributed by atoms with Gasteiger partial charge in [-0.05, 0) is 55.7 Å². The van der Waals surface area contributed by atoms with Gasteiger partial charge in [-0.1, -0.05) is 12.1 Å². The van der Waals surface area contributed by atoms with Crippen molar-refractivity contribution < 1.29 is 18.3 Å². The van der Waals surface area contributed by atoms with Crippen LogP contribution in [0.4, 0.5) is 0 Å². The number of furan rings is 2. The first-order chi connectivity index (χ1) is 12.4. The van der Waals surface area contributed by atoms with Gasteiger partial charge in [0.05, 0.1) is 36.5 Å². The SMILES string of the molecule is c1cc(OCCCCCOc2cccc3occc23)c2ccoc2c1. The summed E-state index contributed by atoms with van der Waals surface area (Å²) in [6, 6.07) is 15.6. The third-order valence-corrected chi connectivity index (χ3v) is 4.22. The van der Waals surface area contributed by atoms with Crippen LogP contribution in [-0.2, 0) is 0 Å². The summed E-state index contributed by atoms with van der Waals surface area (Å²) in [4.78, 5) is 0. The van der Waals surface area contributed by atoms with E-state index in [-0.39, 0.29) is 0 Å². The van der Waals surface area contributed by atoms with E-state index in [2.05, 4.69) is 0 Å². The van der Waals surface area contributed by atoms with E-state index in [1.54, 1.807) is 12.5 Å². The van der Waals surface area contributed by atoms with Crippen molar-refractivity contribution >= 4 is 21.9 Å². The van der Waals surface area contributed by atoms with Gasteiger partial charge in [-0.2, -0.15) is 0 Å². The summed E-state index contributed by atoms with van der Waals surface area (Å²) in [5, 5.41) is 2.05. The molecular weight excluding hydrogens is 316 g/mol. The van der Waals surface area contributed by atoms with Crippen molar-refractivity contribution in [1.29, 1.82) is 0 Å². The quantitative estimate of drug-likeness (QED) is 0.381. The van der Waals surface area contributed by atoms with Crippen molar-refractivity contribution in [2.24, 2.45) is 0 Å². The summed E-state index contributed by atoms with van der Waals surface area (Å²) in [6.45, 7) is 1.39. The minimum atomic E-state index is 0.696. The monoisotopic (exact) mass is 336 g/mol. The average molecular weight is 336 g/mol. The first-order valence-corrected chi connectivity index (χ1v) is 8.60. The normalized spacial score (nSPS) is 11.2. The number of rotatable bonds is 8. The van der Waals surface area contributed by atoms with Crippen LogP contribution < -0.4 is 9.47 Å². The molecule has 4 aromatic rings. The fourth-order valence-corrected chi connectivity index (χ4v) is 2.93. The predicted molar refractivity (Wildman–Crippen MR) is 97.3 cm³/mol. The minimum Gasteiger partial charge on any atom is -0.493 e. The molecule has 2 aromatic heterocycles. The molecule has 4 rings (SSSR count). The highest BCUT2D eigenvalue weighted by Crippen LogP contribution is 2.27. The van der Waals surface area contributed by atoms with Crippen LogP contribution >= 0.6 is 0 Å². The van der Waals surface area contributed by atoms with E-state index in [4.69, 9.17) is 18.3 Å². The predicted octanol–water partition coefficient (Wildman–Crippen LogP) is 5.81. The molecule has 0 N–H and O–H groups in total. The van der Waals surface area contributed by atoms with E-state index in [9.17, 15) is 0 Å². The summed E-state index contributed by atoms with van der Waals surface area (Å²) >= 11 is 0. The Morgan fingerprint density at radius 2 is 1.12 bits per heavy atom. The third kappa shape index (κ3) is 3.48. The Morgan fingerprint density at radius 1 is 0.600 bits per heavy atom. The second-order valence-corrected chi connectivity index (χ2v) is 5.93. The van der Waals surface area contributed by atoms with Crippen LogP contribution in [-0.4, -0.2) is 13.2 Å². The molecule has 0 radical (unpaired) electrons. The van der Waals surface area contributed by atoms with Crippen LogP contribution in [0.1, 0.15) is 19.3 Å². The lowest BCUT2D eigenvalue weighted by molar-refractivity contribution is 0.282. The van der Waals surface area contributed by atoms with Crippen molar-refractivity contribution in [3.05, 3.63) is 61.1 Å². The Morgan fingerprint density at radius 3 is 1.64 bits per heavy atom. The molecule has 2 heterocycles. The Labute approximate surface area is 145 Å². The lowest BCUT2D eigenvalue weighted by Crippen LogP contribution is -2.01. The first-order valence-electron chi connectivity index (χ1n) is 8.60. The largest absolute Gasteiger partial charge is 0.493 e. The smallest absolute Gasteiger partial charge is 0.137 e. The van der Waals surface area contributed by atoms with Crippen LogP contribution in [0.3, 0.4) is 0 Å². The molecule has 4 nitrogen and oxygen atoms in total. The van der Waals surface area contributed by atoms with Gasteiger partial charge in [-0.3, -0.25) is 0 Å². The molecule has 0 aliphatic carbocycles. The van der Waals surface area contributed by atoms with Gasteiger partial charge in [0.15, 0.2) is 0 Å². The van der Waals surface area contributed by atoms with Crippen LogP contribution in [0.2, 0.25) is 0 Å². The summed E-state index contributed by atoms with van der Waals surface area (Å²) in [5.74, 6) is 1.77. The second-order valence-electron chi connectivity index (χ2n) is 5.93. The third-order valence-electron chi connectivity index (χ3n) is 4.22. The molecular formula is C21H20O4. The second kappa shape index (κ2) is 7.34. The molecule has 0 saturated carbocycles. The van der Waals surface area contributed by atoms with Gasteiger partial charge in [-0.15, -0.1) is 0 Å². The molecule has 0 fully saturated rings. The van der Waals surface area contributed by atoms with E-state index in [0.29, 0.717) is 13.2 Å². The van der Waals surface area contributed by atoms with Crippen LogP contribution in [0, 0.1) is 0 Å². The highest BCUT2D eigenvalue weighted by atomic mass is 16.5. The number of hydrogen-bond donors (Lipinski definition) is 0. The van der Waals surface area contributed by atoms with Gasteiger partial charge >= 0.3 is 0 Å². The molecule has 4 heteroatoms. The van der Waals surface area contributed by atoms with E-state index in [1.165, 1.54) is 0 Å². The molecule has 0 aliphatic heterocycles. The topological polar surface area (TPSA) is 44.7 Å². The maximum absolute atomic E-state index is 5.88. The number of fused-ring (bicyclic) bond motifs is 2. The zero-order valence-corrected chi connectivity index (χ0v) is 13.9. The fourth-order valence-electron chi connectivity index (χ4n) is 2.93. The van der Waals surface area contributed by atoms with E-state index < -0.39 is 0 Å². The Kier molecular flexibility index (Phi) is 4.59. The maximum Gasteiger partial charge on any atom is 0.137 e. The Balaban J connectivity index is 1.19. The van der Waals surface area contributed by atoms with Crippen molar-refractivity contribution in [2.75, 3.05) is 13.2 Å². The summed E-state index contributed by atoms with van der Waals surface area (Å²) < 4.78 is 22.5. The van der Waals surface area contributed by atoms with Crippen LogP contribution in [0.25, 0.3) is 21.9 Å². The fraction of sp³-hybridized carbons (Fsp3) is 0.238. The van der Waals surface area contributed by atoms with Crippen LogP contribution in [0.5, 0.6) is 11.5 Å². The van der Waals surface area contributed by atoms with Crippen molar-refractivity contribution in [3.63, 3.8) is 0 Å². The van der Waals surface area contributed by atoms with E-state index >= 15 is 0 Å². The van der Waals surface area contributed by atoms with E-state index in [0.717, 1.165) is 52.7 Å². The minimum absolute atomic E-state index is 0.696. The van der Waals surface area contributed by atoms with Crippen molar-refractivity contribution in [2.45, 2.75) is 19.3 Å². The lowest BCUT2D eigenvalue weighted by Gasteiger charge is -2.08. The highest BCUT2D eigenvalue weighted by molar-refractivity contribution is 5.84. The number of hydrogen-bond acceptors (Lipinski definition) is 4. The summed E-state index contributed by atoms with van der Waals surface area (Å²) in [7, 11) is 0. The molecule has 0 atom stereocenters. The van der Waals surface area contributed by atoms with Crippen LogP contribution in [0.15, 0.2) is 69.9 Å². The number of benzene rings is 2. The average Bonchev–Trinajstić information content (AvgIpc) is 3.30. The zero-order chi connectivity index (χ0) is 16.9. The number of ether oxygens (including phenoxy) is 2. The first kappa shape index (κ1) is 15.6. The standard InChI is InChI=1S/C21H20O4/c1(2-12-22-18-6-4-8-20-16(18)10-14-24-20)3-13-23-19-7-5-9-21-17(19)11-15-25-21/h4-11,14-15H,1-3,12-13H2. The van der Waals surface area contributed by atoms with Gasteiger partial charge in [0.2, 0.25) is 0 Å². The highest BCUT2D eigenvalue weighted by Gasteiger charge is 2.05. The van der Waals surface area contributed by atoms with Gasteiger partial charge in [0.1, 0.15) is 22.7 Å². The van der Waals surface area contributed by atoms with Crippen molar-refractivity contribution in [3.8, 4) is 11.5 Å². The summed E-state index contributed by atoms with van der Waals surface area (Å²) in [6.07, 6.45) is 6.43. The Bertz CT molecular complexity index is 873. The van der Waals surface area contributed by atoms with Crippen molar-refractivity contribution in [1.82, 2.24) is 0 Å². The molecule has 2 aromatic carbocycles. The molecule has 0 spiro atoms. The Hall–Kier alpha value is -2.88. The lowest BCUT2D eigenvalue weighted by atomic mass is 10.2. The maximum atomic E-state index is 5.88. The van der Waals surface area contributed by atoms with Gasteiger partial charge in [0.25, 0.3) is 0 Å². The molecule has 0 saturated heterocycles. The van der Waals surface area contributed by atoms with Gasteiger partial charge in [-0.25, -0.2) is 0 Å². The van der Waals surface area contributed by atoms with Gasteiger partial charge < -0.3 is 18.3 Å². The van der Waals surface area contributed by atoms with E-state index in [1.807, 2.05) is 48.5 Å². The molecule has 25 heavy (non-hydrogen) atoms. The molecule has 0 unspecified atom stereocenters.